The highest BCUT2D eigenvalue weighted by atomic mass is 32.1. The van der Waals surface area contributed by atoms with Crippen molar-refractivity contribution >= 4 is 56.4 Å². The number of ether oxygens (including phenoxy) is 1. The number of aromatic nitrogens is 2. The summed E-state index contributed by atoms with van der Waals surface area (Å²) in [6.07, 6.45) is 1.46. The molecule has 8 nitrogen and oxygen atoms in total. The molecule has 0 fully saturated rings. The molecule has 0 atom stereocenters. The van der Waals surface area contributed by atoms with Crippen LogP contribution in [0.5, 0.6) is 11.6 Å². The lowest BCUT2D eigenvalue weighted by atomic mass is 10.1. The summed E-state index contributed by atoms with van der Waals surface area (Å²) in [6.45, 7) is 0. The van der Waals surface area contributed by atoms with Gasteiger partial charge in [0.05, 0.1) is 16.8 Å². The average molecular weight is 510 g/mol. The van der Waals surface area contributed by atoms with Gasteiger partial charge in [-0.25, -0.2) is 14.4 Å². The Balaban J connectivity index is 1.43. The normalized spacial score (nSPS) is 10.6. The minimum atomic E-state index is -0.665. The maximum absolute atomic E-state index is 14.8. The van der Waals surface area contributed by atoms with Crippen molar-refractivity contribution in [2.45, 2.75) is 6.42 Å². The predicted octanol–water partition coefficient (Wildman–Crippen LogP) is 4.38. The van der Waals surface area contributed by atoms with Crippen LogP contribution in [0.3, 0.4) is 0 Å². The molecule has 2 N–H and O–H groups in total. The monoisotopic (exact) mass is 509 g/mol. The number of amides is 2. The fraction of sp³-hybridized carbons (Fsp3) is 0.125. The standard InChI is InChI=1S/C24H20FN5O3S2/c1-30(2)23(32)19-12-17-21(35-19)22(27-13-26-17)33-18-9-8-15(11-16(18)25)28-24(34)29-20(31)10-14-6-4-3-5-7-14/h3-9,11-13H,10H2,1-2H3,(H2,28,29,31,34). The molecular weight excluding hydrogens is 489 g/mol. The number of carbonyl (C=O) groups is 2. The largest absolute Gasteiger partial charge is 0.434 e. The molecule has 0 saturated heterocycles. The number of rotatable bonds is 6. The molecule has 4 rings (SSSR count). The summed E-state index contributed by atoms with van der Waals surface area (Å²) >= 11 is 6.33. The fourth-order valence-corrected chi connectivity index (χ4v) is 4.40. The molecule has 2 aromatic heterocycles. The zero-order valence-electron chi connectivity index (χ0n) is 18.7. The molecule has 0 aliphatic carbocycles. The molecule has 2 amide bonds. The molecule has 0 radical (unpaired) electrons. The van der Waals surface area contributed by atoms with E-state index in [9.17, 15) is 14.0 Å². The van der Waals surface area contributed by atoms with Gasteiger partial charge < -0.3 is 20.3 Å². The van der Waals surface area contributed by atoms with E-state index in [1.165, 1.54) is 34.7 Å². The van der Waals surface area contributed by atoms with E-state index >= 15 is 0 Å². The average Bonchev–Trinajstić information content (AvgIpc) is 3.26. The van der Waals surface area contributed by atoms with Crippen LogP contribution < -0.4 is 15.4 Å². The number of thiocarbonyl (C=S) groups is 1. The van der Waals surface area contributed by atoms with E-state index in [2.05, 4.69) is 20.6 Å². The second kappa shape index (κ2) is 10.5. The number of nitrogens with zero attached hydrogens (tertiary/aromatic N) is 3. The summed E-state index contributed by atoms with van der Waals surface area (Å²) in [5, 5.41) is 5.41. The van der Waals surface area contributed by atoms with E-state index in [0.717, 1.165) is 5.56 Å². The number of halogens is 1. The molecule has 11 heteroatoms. The van der Waals surface area contributed by atoms with Crippen molar-refractivity contribution in [3.8, 4) is 11.6 Å². The Kier molecular flexibility index (Phi) is 7.28. The van der Waals surface area contributed by atoms with Crippen LogP contribution in [0.25, 0.3) is 10.2 Å². The number of hydrogen-bond donors (Lipinski definition) is 2. The van der Waals surface area contributed by atoms with Crippen molar-refractivity contribution in [2.24, 2.45) is 0 Å². The minimum absolute atomic E-state index is 0.0492. The number of fused-ring (bicyclic) bond motifs is 1. The first-order valence-corrected chi connectivity index (χ1v) is 11.6. The van der Waals surface area contributed by atoms with Crippen molar-refractivity contribution in [2.75, 3.05) is 19.4 Å². The van der Waals surface area contributed by atoms with Gasteiger partial charge in [-0.3, -0.25) is 9.59 Å². The van der Waals surface area contributed by atoms with E-state index < -0.39 is 5.82 Å². The fourth-order valence-electron chi connectivity index (χ4n) is 3.11. The maximum atomic E-state index is 14.8. The van der Waals surface area contributed by atoms with Gasteiger partial charge in [-0.15, -0.1) is 11.3 Å². The van der Waals surface area contributed by atoms with E-state index in [0.29, 0.717) is 20.8 Å². The van der Waals surface area contributed by atoms with Crippen LogP contribution >= 0.6 is 23.6 Å². The van der Waals surface area contributed by atoms with Gasteiger partial charge in [-0.2, -0.15) is 0 Å². The Morgan fingerprint density at radius 2 is 1.89 bits per heavy atom. The van der Waals surface area contributed by atoms with Gasteiger partial charge in [0.15, 0.2) is 16.7 Å². The summed E-state index contributed by atoms with van der Waals surface area (Å²) in [5.41, 5.74) is 1.71. The van der Waals surface area contributed by atoms with Crippen LogP contribution in [0, 0.1) is 5.82 Å². The Morgan fingerprint density at radius 3 is 2.60 bits per heavy atom. The second-order valence-electron chi connectivity index (χ2n) is 7.62. The Labute approximate surface area is 209 Å². The highest BCUT2D eigenvalue weighted by molar-refractivity contribution is 7.80. The molecule has 35 heavy (non-hydrogen) atoms. The lowest BCUT2D eigenvalue weighted by Gasteiger charge is -2.11. The van der Waals surface area contributed by atoms with Gasteiger partial charge >= 0.3 is 0 Å². The van der Waals surface area contributed by atoms with Crippen molar-refractivity contribution in [1.82, 2.24) is 20.2 Å². The van der Waals surface area contributed by atoms with E-state index in [4.69, 9.17) is 17.0 Å². The van der Waals surface area contributed by atoms with Crippen molar-refractivity contribution in [3.63, 3.8) is 0 Å². The molecule has 0 spiro atoms. The first-order valence-electron chi connectivity index (χ1n) is 10.4. The Bertz CT molecular complexity index is 1410. The lowest BCUT2D eigenvalue weighted by Crippen LogP contribution is -2.35. The number of carbonyl (C=O) groups excluding carboxylic acids is 2. The zero-order valence-corrected chi connectivity index (χ0v) is 20.4. The predicted molar refractivity (Wildman–Crippen MR) is 136 cm³/mol. The number of thiophene rings is 1. The summed E-state index contributed by atoms with van der Waals surface area (Å²) in [5.74, 6) is -1.05. The van der Waals surface area contributed by atoms with Crippen LogP contribution in [0.2, 0.25) is 0 Å². The van der Waals surface area contributed by atoms with Gasteiger partial charge in [0, 0.05) is 25.8 Å². The molecule has 0 aliphatic heterocycles. The van der Waals surface area contributed by atoms with Crippen molar-refractivity contribution in [1.29, 1.82) is 0 Å². The third kappa shape index (κ3) is 5.94. The van der Waals surface area contributed by atoms with E-state index in [1.807, 2.05) is 30.3 Å². The third-order valence-electron chi connectivity index (χ3n) is 4.75. The lowest BCUT2D eigenvalue weighted by molar-refractivity contribution is -0.119. The number of hydrogen-bond acceptors (Lipinski definition) is 7. The summed E-state index contributed by atoms with van der Waals surface area (Å²) < 4.78 is 21.0. The number of anilines is 1. The van der Waals surface area contributed by atoms with Crippen LogP contribution in [0.15, 0.2) is 60.9 Å². The zero-order chi connectivity index (χ0) is 24.9. The summed E-state index contributed by atoms with van der Waals surface area (Å²) in [4.78, 5) is 34.6. The quantitative estimate of drug-likeness (QED) is 0.373. The Morgan fingerprint density at radius 1 is 1.11 bits per heavy atom. The first kappa shape index (κ1) is 24.2. The van der Waals surface area contributed by atoms with E-state index in [1.54, 1.807) is 26.2 Å². The molecule has 0 unspecified atom stereocenters. The van der Waals surface area contributed by atoms with Gasteiger partial charge in [0.2, 0.25) is 11.8 Å². The SMILES string of the molecule is CN(C)C(=O)c1cc2ncnc(Oc3ccc(NC(=S)NC(=O)Cc4ccccc4)cc3F)c2s1. The highest BCUT2D eigenvalue weighted by Gasteiger charge is 2.18. The van der Waals surface area contributed by atoms with Gasteiger partial charge in [0.25, 0.3) is 5.91 Å². The van der Waals surface area contributed by atoms with Crippen LogP contribution in [0.4, 0.5) is 10.1 Å². The molecule has 2 aromatic carbocycles. The van der Waals surface area contributed by atoms with Crippen molar-refractivity contribution < 1.29 is 18.7 Å². The van der Waals surface area contributed by atoms with Gasteiger partial charge in [0.1, 0.15) is 11.0 Å². The van der Waals surface area contributed by atoms with Crippen molar-refractivity contribution in [3.05, 3.63) is 77.2 Å². The van der Waals surface area contributed by atoms with Crippen LogP contribution in [0.1, 0.15) is 15.2 Å². The van der Waals surface area contributed by atoms with Gasteiger partial charge in [-0.05, 0) is 36.0 Å². The first-order chi connectivity index (χ1) is 16.8. The number of nitrogens with one attached hydrogen (secondary N) is 2. The summed E-state index contributed by atoms with van der Waals surface area (Å²) in [6, 6.07) is 15.1. The van der Waals surface area contributed by atoms with Gasteiger partial charge in [-0.1, -0.05) is 30.3 Å². The minimum Gasteiger partial charge on any atom is -0.434 e. The van der Waals surface area contributed by atoms with Crippen LogP contribution in [-0.2, 0) is 11.2 Å². The topological polar surface area (TPSA) is 96.5 Å². The Hall–Kier alpha value is -3.96. The molecule has 2 heterocycles. The molecule has 0 bridgehead atoms. The summed E-state index contributed by atoms with van der Waals surface area (Å²) in [7, 11) is 3.31. The van der Waals surface area contributed by atoms with Crippen LogP contribution in [-0.4, -0.2) is 45.9 Å². The second-order valence-corrected chi connectivity index (χ2v) is 9.08. The maximum Gasteiger partial charge on any atom is 0.263 e. The van der Waals surface area contributed by atoms with E-state index in [-0.39, 0.29) is 35.0 Å². The molecule has 4 aromatic rings. The molecule has 0 aliphatic rings. The number of benzene rings is 2. The molecule has 178 valence electrons. The highest BCUT2D eigenvalue weighted by Crippen LogP contribution is 2.34. The smallest absolute Gasteiger partial charge is 0.263 e. The molecular formula is C24H20FN5O3S2. The third-order valence-corrected chi connectivity index (χ3v) is 6.06. The molecule has 0 saturated carbocycles.